The van der Waals surface area contributed by atoms with Gasteiger partial charge in [0, 0.05) is 0 Å². The summed E-state index contributed by atoms with van der Waals surface area (Å²) in [4.78, 5) is 13.7. The van der Waals surface area contributed by atoms with Crippen molar-refractivity contribution in [3.05, 3.63) is 29.8 Å². The third-order valence-corrected chi connectivity index (χ3v) is 3.66. The summed E-state index contributed by atoms with van der Waals surface area (Å²) >= 11 is 0. The largest absolute Gasteiger partial charge is 0.444 e. The lowest BCUT2D eigenvalue weighted by Crippen LogP contribution is -2.25. The third-order valence-electron chi connectivity index (χ3n) is 3.66. The predicted molar refractivity (Wildman–Crippen MR) is 77.6 cm³/mol. The molecule has 1 aliphatic heterocycles. The molecule has 0 N–H and O–H groups in total. The molecule has 19 heavy (non-hydrogen) atoms. The van der Waals surface area contributed by atoms with Crippen molar-refractivity contribution in [2.24, 2.45) is 0 Å². The first kappa shape index (κ1) is 13.9. The van der Waals surface area contributed by atoms with Crippen molar-refractivity contribution >= 4 is 11.8 Å². The van der Waals surface area contributed by atoms with Crippen LogP contribution in [0.25, 0.3) is 0 Å². The topological polar surface area (TPSA) is 29.5 Å². The highest BCUT2D eigenvalue weighted by molar-refractivity contribution is 5.90. The van der Waals surface area contributed by atoms with Crippen LogP contribution in [0.5, 0.6) is 0 Å². The molecule has 0 radical (unpaired) electrons. The van der Waals surface area contributed by atoms with Gasteiger partial charge >= 0.3 is 6.09 Å². The van der Waals surface area contributed by atoms with Crippen LogP contribution in [0.2, 0.25) is 0 Å². The maximum Gasteiger partial charge on any atom is 0.414 e. The molecule has 1 amide bonds. The first-order valence-electron chi connectivity index (χ1n) is 7.26. The smallest absolute Gasteiger partial charge is 0.414 e. The minimum absolute atomic E-state index is 0.0592. The van der Waals surface area contributed by atoms with Crippen molar-refractivity contribution in [3.63, 3.8) is 0 Å². The number of carbonyl (C=O) groups excluding carboxylic acids is 1. The maximum atomic E-state index is 11.9. The fraction of sp³-hybridized carbons (Fsp3) is 0.562. The lowest BCUT2D eigenvalue weighted by Gasteiger charge is -2.15. The average molecular weight is 261 g/mol. The summed E-state index contributed by atoms with van der Waals surface area (Å²) in [6.45, 7) is 4.92. The Kier molecular flexibility index (Phi) is 4.83. The molecular weight excluding hydrogens is 238 g/mol. The molecule has 1 atom stereocenters. The van der Waals surface area contributed by atoms with E-state index in [-0.39, 0.29) is 12.2 Å². The Morgan fingerprint density at radius 1 is 1.26 bits per heavy atom. The number of carbonyl (C=O) groups is 1. The molecule has 0 aliphatic carbocycles. The summed E-state index contributed by atoms with van der Waals surface area (Å²) in [6.07, 6.45) is 5.72. The Morgan fingerprint density at radius 3 is 2.79 bits per heavy atom. The SMILES string of the molecule is CCCCCCC1CN(c2ccccc2C)C(=O)O1. The molecule has 3 heteroatoms. The van der Waals surface area contributed by atoms with Crippen LogP contribution in [0.1, 0.15) is 44.6 Å². The zero-order valence-corrected chi connectivity index (χ0v) is 11.9. The van der Waals surface area contributed by atoms with Crippen molar-refractivity contribution < 1.29 is 9.53 Å². The Hall–Kier alpha value is -1.51. The molecule has 1 heterocycles. The molecule has 0 bridgehead atoms. The predicted octanol–water partition coefficient (Wildman–Crippen LogP) is 4.29. The lowest BCUT2D eigenvalue weighted by atomic mass is 10.1. The average Bonchev–Trinajstić information content (AvgIpc) is 2.76. The van der Waals surface area contributed by atoms with E-state index in [0.29, 0.717) is 6.54 Å². The van der Waals surface area contributed by atoms with Gasteiger partial charge in [-0.2, -0.15) is 0 Å². The number of benzene rings is 1. The first-order chi connectivity index (χ1) is 9.22. The molecule has 104 valence electrons. The van der Waals surface area contributed by atoms with Crippen LogP contribution >= 0.6 is 0 Å². The number of amides is 1. The molecular formula is C16H23NO2. The van der Waals surface area contributed by atoms with Gasteiger partial charge in [-0.3, -0.25) is 4.90 Å². The van der Waals surface area contributed by atoms with Gasteiger partial charge in [-0.05, 0) is 31.4 Å². The van der Waals surface area contributed by atoms with Crippen molar-refractivity contribution in [2.45, 2.75) is 52.1 Å². The van der Waals surface area contributed by atoms with Gasteiger partial charge < -0.3 is 4.74 Å². The molecule has 1 unspecified atom stereocenters. The monoisotopic (exact) mass is 261 g/mol. The van der Waals surface area contributed by atoms with Gasteiger partial charge in [0.05, 0.1) is 12.2 Å². The fourth-order valence-electron chi connectivity index (χ4n) is 2.53. The second kappa shape index (κ2) is 6.60. The van der Waals surface area contributed by atoms with E-state index in [1.807, 2.05) is 31.2 Å². The normalized spacial score (nSPS) is 18.7. The van der Waals surface area contributed by atoms with Crippen molar-refractivity contribution in [2.75, 3.05) is 11.4 Å². The van der Waals surface area contributed by atoms with Gasteiger partial charge in [-0.25, -0.2) is 4.79 Å². The summed E-state index contributed by atoms with van der Waals surface area (Å²) in [7, 11) is 0. The highest BCUT2D eigenvalue weighted by Gasteiger charge is 2.32. The molecule has 1 saturated heterocycles. The Bertz CT molecular complexity index is 431. The van der Waals surface area contributed by atoms with E-state index in [1.54, 1.807) is 4.90 Å². The highest BCUT2D eigenvalue weighted by Crippen LogP contribution is 2.26. The fourth-order valence-corrected chi connectivity index (χ4v) is 2.53. The standard InChI is InChI=1S/C16H23NO2/c1-3-4-5-6-10-14-12-17(16(18)19-14)15-11-8-7-9-13(15)2/h7-9,11,14H,3-6,10,12H2,1-2H3. The van der Waals surface area contributed by atoms with Crippen LogP contribution in [0, 0.1) is 6.92 Å². The van der Waals surface area contributed by atoms with E-state index in [4.69, 9.17) is 4.74 Å². The van der Waals surface area contributed by atoms with E-state index in [0.717, 1.165) is 24.1 Å². The van der Waals surface area contributed by atoms with E-state index < -0.39 is 0 Å². The molecule has 0 aromatic heterocycles. The number of ether oxygens (including phenoxy) is 1. The second-order valence-corrected chi connectivity index (χ2v) is 5.25. The third kappa shape index (κ3) is 3.49. The zero-order valence-electron chi connectivity index (χ0n) is 11.9. The molecule has 0 saturated carbocycles. The summed E-state index contributed by atoms with van der Waals surface area (Å²) in [5, 5.41) is 0. The lowest BCUT2D eigenvalue weighted by molar-refractivity contribution is 0.135. The number of aryl methyl sites for hydroxylation is 1. The number of anilines is 1. The number of cyclic esters (lactones) is 1. The summed E-state index contributed by atoms with van der Waals surface area (Å²) in [5.74, 6) is 0. The van der Waals surface area contributed by atoms with E-state index in [9.17, 15) is 4.79 Å². The minimum atomic E-state index is -0.199. The molecule has 1 aromatic carbocycles. The van der Waals surface area contributed by atoms with E-state index >= 15 is 0 Å². The van der Waals surface area contributed by atoms with Crippen LogP contribution in [0.3, 0.4) is 0 Å². The van der Waals surface area contributed by atoms with Crippen LogP contribution in [-0.4, -0.2) is 18.7 Å². The van der Waals surface area contributed by atoms with Crippen molar-refractivity contribution in [1.29, 1.82) is 0 Å². The number of unbranched alkanes of at least 4 members (excludes halogenated alkanes) is 3. The van der Waals surface area contributed by atoms with Crippen molar-refractivity contribution in [1.82, 2.24) is 0 Å². The second-order valence-electron chi connectivity index (χ2n) is 5.25. The van der Waals surface area contributed by atoms with Gasteiger partial charge in [-0.1, -0.05) is 44.4 Å². The summed E-state index contributed by atoms with van der Waals surface area (Å²) in [6, 6.07) is 7.96. The van der Waals surface area contributed by atoms with Crippen LogP contribution < -0.4 is 4.90 Å². The molecule has 2 rings (SSSR count). The molecule has 1 fully saturated rings. The number of nitrogens with zero attached hydrogens (tertiary/aromatic N) is 1. The van der Waals surface area contributed by atoms with Crippen LogP contribution in [-0.2, 0) is 4.74 Å². The van der Waals surface area contributed by atoms with Gasteiger partial charge in [0.1, 0.15) is 6.10 Å². The molecule has 0 spiro atoms. The van der Waals surface area contributed by atoms with Crippen LogP contribution in [0.15, 0.2) is 24.3 Å². The van der Waals surface area contributed by atoms with Gasteiger partial charge in [-0.15, -0.1) is 0 Å². The summed E-state index contributed by atoms with van der Waals surface area (Å²) in [5.41, 5.74) is 2.09. The zero-order chi connectivity index (χ0) is 13.7. The number of hydrogen-bond acceptors (Lipinski definition) is 2. The van der Waals surface area contributed by atoms with Gasteiger partial charge in [0.2, 0.25) is 0 Å². The number of hydrogen-bond donors (Lipinski definition) is 0. The van der Waals surface area contributed by atoms with Gasteiger partial charge in [0.25, 0.3) is 0 Å². The number of para-hydroxylation sites is 1. The molecule has 1 aromatic rings. The Balaban J connectivity index is 1.91. The van der Waals surface area contributed by atoms with E-state index in [1.165, 1.54) is 19.3 Å². The Labute approximate surface area is 115 Å². The first-order valence-corrected chi connectivity index (χ1v) is 7.26. The highest BCUT2D eigenvalue weighted by atomic mass is 16.6. The van der Waals surface area contributed by atoms with Gasteiger partial charge in [0.15, 0.2) is 0 Å². The minimum Gasteiger partial charge on any atom is -0.444 e. The van der Waals surface area contributed by atoms with E-state index in [2.05, 4.69) is 6.92 Å². The quantitative estimate of drug-likeness (QED) is 0.715. The Morgan fingerprint density at radius 2 is 2.05 bits per heavy atom. The summed E-state index contributed by atoms with van der Waals surface area (Å²) < 4.78 is 5.45. The molecule has 3 nitrogen and oxygen atoms in total. The number of rotatable bonds is 6. The maximum absolute atomic E-state index is 11.9. The molecule has 1 aliphatic rings. The van der Waals surface area contributed by atoms with Crippen molar-refractivity contribution in [3.8, 4) is 0 Å². The van der Waals surface area contributed by atoms with Crippen LogP contribution in [0.4, 0.5) is 10.5 Å².